The number of benzene rings is 1. The van der Waals surface area contributed by atoms with Gasteiger partial charge < -0.3 is 15.1 Å². The zero-order valence-corrected chi connectivity index (χ0v) is 13.9. The molecule has 2 aliphatic heterocycles. The molecule has 1 aromatic carbocycles. The zero-order chi connectivity index (χ0) is 15.6. The Morgan fingerprint density at radius 2 is 1.91 bits per heavy atom. The molecule has 2 saturated heterocycles. The number of fused-ring (bicyclic) bond motifs is 1. The lowest BCUT2D eigenvalue weighted by molar-refractivity contribution is 0.197. The van der Waals surface area contributed by atoms with Crippen molar-refractivity contribution in [1.29, 1.82) is 0 Å². The predicted molar refractivity (Wildman–Crippen MR) is 93.2 cm³/mol. The quantitative estimate of drug-likeness (QED) is 0.921. The van der Waals surface area contributed by atoms with Gasteiger partial charge in [-0.15, -0.1) is 0 Å². The molecular weight excluding hydrogens is 310 g/mol. The summed E-state index contributed by atoms with van der Waals surface area (Å²) >= 11 is 1.58. The number of carbonyl (C=O) groups is 1. The second-order valence-electron chi connectivity index (χ2n) is 6.05. The SMILES string of the molecule is O=C1NCCN1CCN1CCN(c2nsc3ccccc23)CC1. The molecule has 0 unspecified atom stereocenters. The number of anilines is 1. The maximum absolute atomic E-state index is 11.6. The van der Waals surface area contributed by atoms with Crippen molar-refractivity contribution in [3.63, 3.8) is 0 Å². The largest absolute Gasteiger partial charge is 0.353 e. The molecule has 2 fully saturated rings. The van der Waals surface area contributed by atoms with Crippen LogP contribution in [0.15, 0.2) is 24.3 Å². The number of nitrogens with one attached hydrogen (secondary N) is 1. The molecule has 0 saturated carbocycles. The summed E-state index contributed by atoms with van der Waals surface area (Å²) in [5.74, 6) is 1.13. The number of amides is 2. The van der Waals surface area contributed by atoms with E-state index in [2.05, 4.69) is 43.8 Å². The van der Waals surface area contributed by atoms with Gasteiger partial charge in [-0.25, -0.2) is 4.79 Å². The van der Waals surface area contributed by atoms with E-state index in [0.717, 1.165) is 58.2 Å². The van der Waals surface area contributed by atoms with Crippen LogP contribution >= 0.6 is 11.5 Å². The van der Waals surface area contributed by atoms with E-state index in [1.54, 1.807) is 11.5 Å². The summed E-state index contributed by atoms with van der Waals surface area (Å²) in [5.41, 5.74) is 0. The van der Waals surface area contributed by atoms with Crippen LogP contribution in [0.1, 0.15) is 0 Å². The monoisotopic (exact) mass is 331 g/mol. The summed E-state index contributed by atoms with van der Waals surface area (Å²) < 4.78 is 5.91. The highest BCUT2D eigenvalue weighted by Gasteiger charge is 2.23. The van der Waals surface area contributed by atoms with Crippen LogP contribution in [0, 0.1) is 0 Å². The highest BCUT2D eigenvalue weighted by Crippen LogP contribution is 2.29. The Labute approximate surface area is 139 Å². The molecule has 0 atom stereocenters. The van der Waals surface area contributed by atoms with Crippen molar-refractivity contribution in [3.05, 3.63) is 24.3 Å². The highest BCUT2D eigenvalue weighted by molar-refractivity contribution is 7.13. The third-order valence-electron chi connectivity index (χ3n) is 4.66. The Balaban J connectivity index is 1.33. The number of hydrogen-bond acceptors (Lipinski definition) is 5. The fraction of sp³-hybridized carbons (Fsp3) is 0.500. The van der Waals surface area contributed by atoms with Crippen LogP contribution in [0.25, 0.3) is 10.1 Å². The molecule has 6 nitrogen and oxygen atoms in total. The minimum absolute atomic E-state index is 0.0811. The van der Waals surface area contributed by atoms with E-state index in [4.69, 9.17) is 0 Å². The summed E-state index contributed by atoms with van der Waals surface area (Å²) in [5, 5.41) is 4.12. The summed E-state index contributed by atoms with van der Waals surface area (Å²) in [6, 6.07) is 8.52. The Kier molecular flexibility index (Phi) is 4.05. The van der Waals surface area contributed by atoms with Gasteiger partial charge in [0.15, 0.2) is 0 Å². The summed E-state index contributed by atoms with van der Waals surface area (Å²) in [4.78, 5) is 18.3. The molecule has 3 heterocycles. The molecular formula is C16H21N5OS. The molecule has 1 N–H and O–H groups in total. The normalized spacial score (nSPS) is 19.6. The van der Waals surface area contributed by atoms with Crippen molar-refractivity contribution in [1.82, 2.24) is 19.5 Å². The molecule has 2 aromatic rings. The number of aromatic nitrogens is 1. The highest BCUT2D eigenvalue weighted by atomic mass is 32.1. The maximum Gasteiger partial charge on any atom is 0.317 e. The Hall–Kier alpha value is -1.86. The third kappa shape index (κ3) is 2.98. The van der Waals surface area contributed by atoms with Gasteiger partial charge in [-0.3, -0.25) is 4.90 Å². The van der Waals surface area contributed by atoms with Crippen LogP contribution in [0.3, 0.4) is 0 Å². The number of urea groups is 1. The van der Waals surface area contributed by atoms with Gasteiger partial charge in [-0.1, -0.05) is 12.1 Å². The molecule has 0 bridgehead atoms. The van der Waals surface area contributed by atoms with Crippen molar-refractivity contribution in [2.24, 2.45) is 0 Å². The minimum Gasteiger partial charge on any atom is -0.353 e. The van der Waals surface area contributed by atoms with Crippen molar-refractivity contribution in [3.8, 4) is 0 Å². The van der Waals surface area contributed by atoms with E-state index in [1.807, 2.05) is 4.90 Å². The lowest BCUT2D eigenvalue weighted by Gasteiger charge is -2.35. The first-order valence-corrected chi connectivity index (χ1v) is 8.93. The van der Waals surface area contributed by atoms with E-state index in [9.17, 15) is 4.79 Å². The first kappa shape index (κ1) is 14.7. The molecule has 2 amide bonds. The van der Waals surface area contributed by atoms with Crippen molar-refractivity contribution in [2.75, 3.05) is 57.3 Å². The standard InChI is InChI=1S/C16H21N5OS/c22-16-17-5-6-21(16)12-9-19-7-10-20(11-8-19)15-13-3-1-2-4-14(13)23-18-15/h1-4H,5-12H2,(H,17,22). The van der Waals surface area contributed by atoms with Crippen LogP contribution < -0.4 is 10.2 Å². The van der Waals surface area contributed by atoms with Crippen LogP contribution in [0.2, 0.25) is 0 Å². The van der Waals surface area contributed by atoms with Gasteiger partial charge in [0, 0.05) is 57.7 Å². The minimum atomic E-state index is 0.0811. The molecule has 0 aliphatic carbocycles. The summed E-state index contributed by atoms with van der Waals surface area (Å²) in [6.45, 7) is 7.46. The third-order valence-corrected chi connectivity index (χ3v) is 5.48. The van der Waals surface area contributed by atoms with Gasteiger partial charge in [0.1, 0.15) is 5.82 Å². The molecule has 0 radical (unpaired) electrons. The van der Waals surface area contributed by atoms with Crippen LogP contribution in [0.5, 0.6) is 0 Å². The number of piperazine rings is 1. The zero-order valence-electron chi connectivity index (χ0n) is 13.1. The van der Waals surface area contributed by atoms with E-state index < -0.39 is 0 Å². The fourth-order valence-corrected chi connectivity index (χ4v) is 4.07. The smallest absolute Gasteiger partial charge is 0.317 e. The predicted octanol–water partition coefficient (Wildman–Crippen LogP) is 1.44. The fourth-order valence-electron chi connectivity index (χ4n) is 3.27. The molecule has 122 valence electrons. The van der Waals surface area contributed by atoms with Crippen molar-refractivity contribution < 1.29 is 4.79 Å². The Bertz CT molecular complexity index is 695. The second kappa shape index (κ2) is 6.33. The number of rotatable bonds is 4. The van der Waals surface area contributed by atoms with E-state index >= 15 is 0 Å². The molecule has 4 rings (SSSR count). The van der Waals surface area contributed by atoms with Crippen molar-refractivity contribution in [2.45, 2.75) is 0 Å². The number of hydrogen-bond donors (Lipinski definition) is 1. The van der Waals surface area contributed by atoms with Crippen LogP contribution in [-0.4, -0.2) is 72.6 Å². The average molecular weight is 331 g/mol. The number of nitrogens with zero attached hydrogens (tertiary/aromatic N) is 4. The average Bonchev–Trinajstić information content (AvgIpc) is 3.20. The molecule has 1 aromatic heterocycles. The molecule has 7 heteroatoms. The summed E-state index contributed by atoms with van der Waals surface area (Å²) in [6.07, 6.45) is 0. The molecule has 2 aliphatic rings. The van der Waals surface area contributed by atoms with E-state index in [0.29, 0.717) is 0 Å². The molecule has 23 heavy (non-hydrogen) atoms. The van der Waals surface area contributed by atoms with Gasteiger partial charge in [0.25, 0.3) is 0 Å². The lowest BCUT2D eigenvalue weighted by Crippen LogP contribution is -2.48. The lowest BCUT2D eigenvalue weighted by atomic mass is 10.2. The van der Waals surface area contributed by atoms with Crippen LogP contribution in [-0.2, 0) is 0 Å². The molecule has 0 spiro atoms. The second-order valence-corrected chi connectivity index (χ2v) is 6.85. The van der Waals surface area contributed by atoms with E-state index in [1.165, 1.54) is 10.1 Å². The van der Waals surface area contributed by atoms with Gasteiger partial charge in [0.2, 0.25) is 0 Å². The first-order valence-electron chi connectivity index (χ1n) is 8.16. The summed E-state index contributed by atoms with van der Waals surface area (Å²) in [7, 11) is 0. The topological polar surface area (TPSA) is 51.7 Å². The first-order chi connectivity index (χ1) is 11.3. The maximum atomic E-state index is 11.6. The van der Waals surface area contributed by atoms with Gasteiger partial charge in [-0.05, 0) is 23.7 Å². The van der Waals surface area contributed by atoms with Crippen molar-refractivity contribution >= 4 is 33.5 Å². The van der Waals surface area contributed by atoms with Gasteiger partial charge in [0.05, 0.1) is 4.70 Å². The van der Waals surface area contributed by atoms with Gasteiger partial charge in [-0.2, -0.15) is 4.37 Å². The van der Waals surface area contributed by atoms with Crippen LogP contribution in [0.4, 0.5) is 10.6 Å². The Morgan fingerprint density at radius 1 is 1.09 bits per heavy atom. The van der Waals surface area contributed by atoms with E-state index in [-0.39, 0.29) is 6.03 Å². The number of carbonyl (C=O) groups excluding carboxylic acids is 1. The Morgan fingerprint density at radius 3 is 2.70 bits per heavy atom. The van der Waals surface area contributed by atoms with Gasteiger partial charge >= 0.3 is 6.03 Å².